The van der Waals surface area contributed by atoms with Crippen molar-refractivity contribution in [3.63, 3.8) is 0 Å². The number of thioether (sulfide) groups is 1. The summed E-state index contributed by atoms with van der Waals surface area (Å²) in [5, 5.41) is 2.66. The van der Waals surface area contributed by atoms with E-state index in [0.29, 0.717) is 15.4 Å². The van der Waals surface area contributed by atoms with Crippen LogP contribution in [-0.2, 0) is 4.79 Å². The molecule has 1 aromatic carbocycles. The number of carbonyl (C=O) groups excluding carboxylic acids is 1. The molecule has 148 valence electrons. The van der Waals surface area contributed by atoms with Gasteiger partial charge in [-0.1, -0.05) is 30.0 Å². The molecule has 0 spiro atoms. The van der Waals surface area contributed by atoms with Crippen molar-refractivity contribution in [1.82, 2.24) is 14.5 Å². The number of aromatic nitrogens is 2. The number of para-hydroxylation sites is 1. The average Bonchev–Trinajstić information content (AvgIpc) is 3.10. The molecule has 1 amide bonds. The number of hydrogen-bond acceptors (Lipinski definition) is 5. The van der Waals surface area contributed by atoms with Crippen LogP contribution in [0.4, 0.5) is 0 Å². The minimum atomic E-state index is -0.357. The van der Waals surface area contributed by atoms with Gasteiger partial charge in [0, 0.05) is 12.1 Å². The molecule has 0 unspecified atom stereocenters. The van der Waals surface area contributed by atoms with E-state index in [0.717, 1.165) is 5.69 Å². The Kier molecular flexibility index (Phi) is 6.25. The van der Waals surface area contributed by atoms with Crippen LogP contribution in [0, 0.1) is 0 Å². The first-order chi connectivity index (χ1) is 13.3. The van der Waals surface area contributed by atoms with E-state index in [4.69, 9.17) is 4.98 Å². The lowest BCUT2D eigenvalue weighted by Gasteiger charge is -2.33. The van der Waals surface area contributed by atoms with Gasteiger partial charge in [-0.3, -0.25) is 14.2 Å². The lowest BCUT2D eigenvalue weighted by Crippen LogP contribution is -2.45. The Morgan fingerprint density at radius 3 is 2.32 bits per heavy atom. The molecule has 0 bridgehead atoms. The van der Waals surface area contributed by atoms with Crippen molar-refractivity contribution in [3.8, 4) is 5.69 Å². The Balaban J connectivity index is 2.05. The Labute approximate surface area is 173 Å². The van der Waals surface area contributed by atoms with Crippen molar-refractivity contribution in [2.24, 2.45) is 0 Å². The van der Waals surface area contributed by atoms with Gasteiger partial charge in [0.05, 0.1) is 16.3 Å². The van der Waals surface area contributed by atoms with E-state index in [1.165, 1.54) is 23.1 Å². The highest BCUT2D eigenvalue weighted by atomic mass is 32.2. The van der Waals surface area contributed by atoms with Crippen LogP contribution in [0.15, 0.2) is 51.7 Å². The fourth-order valence-electron chi connectivity index (χ4n) is 3.30. The summed E-state index contributed by atoms with van der Waals surface area (Å²) in [6, 6.07) is 11.5. The number of amides is 1. The van der Waals surface area contributed by atoms with Crippen LogP contribution < -0.4 is 5.56 Å². The molecular formula is C21H25N3O2S2. The topological polar surface area (TPSA) is 55.2 Å². The highest BCUT2D eigenvalue weighted by Gasteiger charge is 2.27. The number of benzene rings is 1. The standard InChI is InChI=1S/C21H25N3O2S2/c1-13(2)23(14(3)4)19(25)15(5)28-21-22-18-17(11-12-27-18)20(26)24(21)16-9-7-6-8-10-16/h6-15H,1-5H3/t15-/m0/s1. The largest absolute Gasteiger partial charge is 0.337 e. The zero-order chi connectivity index (χ0) is 20.4. The highest BCUT2D eigenvalue weighted by Crippen LogP contribution is 2.28. The molecule has 2 aromatic heterocycles. The number of rotatable bonds is 6. The second kappa shape index (κ2) is 8.49. The van der Waals surface area contributed by atoms with Crippen molar-refractivity contribution in [3.05, 3.63) is 52.1 Å². The number of thiophene rings is 1. The van der Waals surface area contributed by atoms with E-state index in [2.05, 4.69) is 0 Å². The quantitative estimate of drug-likeness (QED) is 0.437. The molecule has 0 radical (unpaired) electrons. The van der Waals surface area contributed by atoms with Crippen LogP contribution in [0.3, 0.4) is 0 Å². The number of nitrogens with zero attached hydrogens (tertiary/aromatic N) is 3. The van der Waals surface area contributed by atoms with Crippen LogP contribution in [-0.4, -0.2) is 37.7 Å². The lowest BCUT2D eigenvalue weighted by molar-refractivity contribution is -0.133. The first-order valence-electron chi connectivity index (χ1n) is 9.35. The van der Waals surface area contributed by atoms with E-state index >= 15 is 0 Å². The van der Waals surface area contributed by atoms with Crippen molar-refractivity contribution >= 4 is 39.2 Å². The van der Waals surface area contributed by atoms with Gasteiger partial charge in [0.15, 0.2) is 5.16 Å². The van der Waals surface area contributed by atoms with Crippen LogP contribution in [0.5, 0.6) is 0 Å². The molecule has 0 aliphatic heterocycles. The summed E-state index contributed by atoms with van der Waals surface area (Å²) in [6.07, 6.45) is 0. The number of fused-ring (bicyclic) bond motifs is 1. The van der Waals surface area contributed by atoms with Crippen LogP contribution >= 0.6 is 23.1 Å². The van der Waals surface area contributed by atoms with Gasteiger partial charge in [0.2, 0.25) is 5.91 Å². The van der Waals surface area contributed by atoms with Crippen LogP contribution in [0.1, 0.15) is 34.6 Å². The van der Waals surface area contributed by atoms with Crippen molar-refractivity contribution < 1.29 is 4.79 Å². The predicted molar refractivity (Wildman–Crippen MR) is 118 cm³/mol. The molecule has 3 aromatic rings. The zero-order valence-corrected chi connectivity index (χ0v) is 18.4. The molecule has 0 aliphatic rings. The summed E-state index contributed by atoms with van der Waals surface area (Å²) in [4.78, 5) is 33.5. The van der Waals surface area contributed by atoms with Crippen molar-refractivity contribution in [2.45, 2.75) is 57.1 Å². The number of hydrogen-bond donors (Lipinski definition) is 0. The summed E-state index contributed by atoms with van der Waals surface area (Å²) in [6.45, 7) is 9.96. The monoisotopic (exact) mass is 415 g/mol. The summed E-state index contributed by atoms with van der Waals surface area (Å²) >= 11 is 2.77. The molecule has 0 N–H and O–H groups in total. The Bertz CT molecular complexity index is 1020. The summed E-state index contributed by atoms with van der Waals surface area (Å²) in [5.74, 6) is 0.0511. The van der Waals surface area contributed by atoms with Crippen LogP contribution in [0.25, 0.3) is 15.9 Å². The van der Waals surface area contributed by atoms with E-state index in [1.807, 2.05) is 75.2 Å². The molecular weight excluding hydrogens is 390 g/mol. The predicted octanol–water partition coefficient (Wildman–Crippen LogP) is 4.57. The first kappa shape index (κ1) is 20.6. The van der Waals surface area contributed by atoms with Gasteiger partial charge in [0.1, 0.15) is 4.83 Å². The van der Waals surface area contributed by atoms with Crippen molar-refractivity contribution in [1.29, 1.82) is 0 Å². The third kappa shape index (κ3) is 4.00. The SMILES string of the molecule is CC(C)N(C(=O)[C@H](C)Sc1nc2sccc2c(=O)n1-c1ccccc1)C(C)C. The molecule has 2 heterocycles. The summed E-state index contributed by atoms with van der Waals surface area (Å²) in [7, 11) is 0. The second-order valence-corrected chi connectivity index (χ2v) is 9.41. The van der Waals surface area contributed by atoms with E-state index in [1.54, 1.807) is 10.6 Å². The fraction of sp³-hybridized carbons (Fsp3) is 0.381. The molecule has 0 aliphatic carbocycles. The first-order valence-corrected chi connectivity index (χ1v) is 11.1. The zero-order valence-electron chi connectivity index (χ0n) is 16.7. The molecule has 3 rings (SSSR count). The maximum atomic E-state index is 13.1. The van der Waals surface area contributed by atoms with Crippen LogP contribution in [0.2, 0.25) is 0 Å². The second-order valence-electron chi connectivity index (χ2n) is 7.20. The molecule has 1 atom stereocenters. The van der Waals surface area contributed by atoms with E-state index in [9.17, 15) is 9.59 Å². The number of carbonyl (C=O) groups is 1. The van der Waals surface area contributed by atoms with E-state index < -0.39 is 0 Å². The summed E-state index contributed by atoms with van der Waals surface area (Å²) < 4.78 is 1.61. The lowest BCUT2D eigenvalue weighted by atomic mass is 10.2. The fourth-order valence-corrected chi connectivity index (χ4v) is 5.09. The maximum Gasteiger partial charge on any atom is 0.267 e. The molecule has 7 heteroatoms. The Morgan fingerprint density at radius 1 is 1.07 bits per heavy atom. The van der Waals surface area contributed by atoms with Gasteiger partial charge >= 0.3 is 0 Å². The molecule has 0 saturated carbocycles. The van der Waals surface area contributed by atoms with Gasteiger partial charge in [-0.15, -0.1) is 11.3 Å². The van der Waals surface area contributed by atoms with Gasteiger partial charge in [-0.05, 0) is 58.2 Å². The highest BCUT2D eigenvalue weighted by molar-refractivity contribution is 8.00. The summed E-state index contributed by atoms with van der Waals surface area (Å²) in [5.41, 5.74) is 0.643. The molecule has 0 saturated heterocycles. The van der Waals surface area contributed by atoms with Gasteiger partial charge < -0.3 is 4.90 Å². The Morgan fingerprint density at radius 2 is 1.71 bits per heavy atom. The molecule has 0 fully saturated rings. The van der Waals surface area contributed by atoms with Crippen molar-refractivity contribution in [2.75, 3.05) is 0 Å². The molecule has 5 nitrogen and oxygen atoms in total. The third-order valence-corrected chi connectivity index (χ3v) is 6.32. The molecule has 28 heavy (non-hydrogen) atoms. The van der Waals surface area contributed by atoms with E-state index in [-0.39, 0.29) is 28.8 Å². The Hall–Kier alpha value is -2.12. The smallest absolute Gasteiger partial charge is 0.267 e. The van der Waals surface area contributed by atoms with Gasteiger partial charge in [0.25, 0.3) is 5.56 Å². The minimum Gasteiger partial charge on any atom is -0.337 e. The minimum absolute atomic E-state index is 0.0511. The normalized spacial score (nSPS) is 12.7. The third-order valence-electron chi connectivity index (χ3n) is 4.48. The van der Waals surface area contributed by atoms with Gasteiger partial charge in [-0.25, -0.2) is 4.98 Å². The maximum absolute atomic E-state index is 13.1. The average molecular weight is 416 g/mol. The van der Waals surface area contributed by atoms with Gasteiger partial charge in [-0.2, -0.15) is 0 Å².